The van der Waals surface area contributed by atoms with E-state index in [4.69, 9.17) is 11.6 Å². The molecule has 0 aromatic carbocycles. The smallest absolute Gasteiger partial charge is 0.255 e. The van der Waals surface area contributed by atoms with Gasteiger partial charge >= 0.3 is 6.30 Å². The maximum Gasteiger partial charge on any atom is 0.504 e. The second-order valence-electron chi connectivity index (χ2n) is 3.76. The van der Waals surface area contributed by atoms with E-state index in [0.717, 1.165) is 10.9 Å². The van der Waals surface area contributed by atoms with Gasteiger partial charge < -0.3 is 0 Å². The van der Waals surface area contributed by atoms with E-state index in [1.807, 2.05) is 0 Å². The molecular weight excluding hydrogens is 299 g/mol. The van der Waals surface area contributed by atoms with Crippen molar-refractivity contribution in [2.24, 2.45) is 0 Å². The standard InChI is InChI=1S/C11H5ClF3N3S/c12-7-1-2-16-8-3-9(19-10(7)8)6-4-17-18(5-6)11(13,14)15/h1-5H. The van der Waals surface area contributed by atoms with Crippen LogP contribution in [0, 0.1) is 0 Å². The largest absolute Gasteiger partial charge is 0.504 e. The molecule has 19 heavy (non-hydrogen) atoms. The van der Waals surface area contributed by atoms with Gasteiger partial charge in [-0.25, -0.2) is 0 Å². The van der Waals surface area contributed by atoms with E-state index in [-0.39, 0.29) is 4.68 Å². The van der Waals surface area contributed by atoms with Crippen LogP contribution in [0.5, 0.6) is 0 Å². The number of nitrogens with zero attached hydrogens (tertiary/aromatic N) is 3. The Labute approximate surface area is 114 Å². The first-order chi connectivity index (χ1) is 8.95. The van der Waals surface area contributed by atoms with Crippen molar-refractivity contribution in [2.75, 3.05) is 0 Å². The van der Waals surface area contributed by atoms with E-state index < -0.39 is 6.30 Å². The molecule has 0 atom stereocenters. The quantitative estimate of drug-likeness (QED) is 0.671. The van der Waals surface area contributed by atoms with Crippen LogP contribution in [-0.4, -0.2) is 14.8 Å². The highest BCUT2D eigenvalue weighted by Crippen LogP contribution is 2.36. The van der Waals surface area contributed by atoms with Gasteiger partial charge in [0, 0.05) is 22.8 Å². The monoisotopic (exact) mass is 303 g/mol. The topological polar surface area (TPSA) is 30.7 Å². The van der Waals surface area contributed by atoms with Crippen molar-refractivity contribution in [3.05, 3.63) is 35.7 Å². The van der Waals surface area contributed by atoms with Crippen LogP contribution in [0.3, 0.4) is 0 Å². The summed E-state index contributed by atoms with van der Waals surface area (Å²) in [5, 5.41) is 3.83. The number of hydrogen-bond acceptors (Lipinski definition) is 3. The predicted molar refractivity (Wildman–Crippen MR) is 67.1 cm³/mol. The van der Waals surface area contributed by atoms with Crippen LogP contribution in [0.25, 0.3) is 20.7 Å². The van der Waals surface area contributed by atoms with Gasteiger partial charge in [-0.2, -0.15) is 9.78 Å². The Bertz CT molecular complexity index is 747. The number of rotatable bonds is 1. The van der Waals surface area contributed by atoms with Gasteiger partial charge in [0.05, 0.1) is 21.4 Å². The van der Waals surface area contributed by atoms with Crippen LogP contribution in [-0.2, 0) is 6.30 Å². The van der Waals surface area contributed by atoms with Gasteiger partial charge in [-0.15, -0.1) is 24.5 Å². The highest BCUT2D eigenvalue weighted by molar-refractivity contribution is 7.22. The molecule has 0 aliphatic heterocycles. The van der Waals surface area contributed by atoms with Crippen molar-refractivity contribution in [1.29, 1.82) is 0 Å². The molecule has 3 nitrogen and oxygen atoms in total. The summed E-state index contributed by atoms with van der Waals surface area (Å²) in [5.41, 5.74) is 1.05. The van der Waals surface area contributed by atoms with E-state index >= 15 is 0 Å². The minimum absolute atomic E-state index is 0.0260. The van der Waals surface area contributed by atoms with Gasteiger partial charge in [0.2, 0.25) is 0 Å². The summed E-state index contributed by atoms with van der Waals surface area (Å²) in [4.78, 5) is 4.76. The molecule has 0 aliphatic carbocycles. The molecule has 3 rings (SSSR count). The number of alkyl halides is 3. The van der Waals surface area contributed by atoms with Gasteiger partial charge in [0.15, 0.2) is 0 Å². The van der Waals surface area contributed by atoms with Crippen molar-refractivity contribution < 1.29 is 13.2 Å². The Hall–Kier alpha value is -1.60. The van der Waals surface area contributed by atoms with Gasteiger partial charge in [-0.05, 0) is 12.1 Å². The third-order valence-corrected chi connectivity index (χ3v) is 4.12. The summed E-state index contributed by atoms with van der Waals surface area (Å²) in [6.07, 6.45) is -0.837. The van der Waals surface area contributed by atoms with Crippen molar-refractivity contribution in [2.45, 2.75) is 6.30 Å². The molecule has 0 spiro atoms. The van der Waals surface area contributed by atoms with Crippen LogP contribution in [0.4, 0.5) is 13.2 Å². The molecule has 8 heteroatoms. The van der Waals surface area contributed by atoms with Crippen LogP contribution in [0.15, 0.2) is 30.7 Å². The zero-order valence-electron chi connectivity index (χ0n) is 9.15. The zero-order valence-corrected chi connectivity index (χ0v) is 10.7. The van der Waals surface area contributed by atoms with Gasteiger partial charge in [0.1, 0.15) is 0 Å². The fraction of sp³-hybridized carbons (Fsp3) is 0.0909. The number of aromatic nitrogens is 3. The highest BCUT2D eigenvalue weighted by Gasteiger charge is 2.31. The fourth-order valence-corrected chi connectivity index (χ4v) is 2.90. The summed E-state index contributed by atoms with van der Waals surface area (Å²) in [7, 11) is 0. The Balaban J connectivity index is 2.09. The highest BCUT2D eigenvalue weighted by atomic mass is 35.5. The zero-order chi connectivity index (χ0) is 13.6. The molecule has 0 amide bonds. The third-order valence-electron chi connectivity index (χ3n) is 2.49. The summed E-state index contributed by atoms with van der Waals surface area (Å²) < 4.78 is 38.1. The van der Waals surface area contributed by atoms with E-state index in [1.165, 1.54) is 17.5 Å². The third kappa shape index (κ3) is 2.19. The Morgan fingerprint density at radius 2 is 2.11 bits per heavy atom. The van der Waals surface area contributed by atoms with Crippen molar-refractivity contribution in [3.63, 3.8) is 0 Å². The molecule has 0 bridgehead atoms. The minimum atomic E-state index is -4.51. The van der Waals surface area contributed by atoms with E-state index in [9.17, 15) is 13.2 Å². The molecule has 3 heterocycles. The van der Waals surface area contributed by atoms with Crippen molar-refractivity contribution >= 4 is 33.2 Å². The van der Waals surface area contributed by atoms with Crippen LogP contribution in [0.1, 0.15) is 0 Å². The number of halogens is 4. The molecule has 0 saturated carbocycles. The Kier molecular flexibility index (Phi) is 2.75. The lowest BCUT2D eigenvalue weighted by atomic mass is 10.3. The molecule has 98 valence electrons. The average molecular weight is 304 g/mol. The van der Waals surface area contributed by atoms with Crippen molar-refractivity contribution in [1.82, 2.24) is 14.8 Å². The predicted octanol–water partition coefficient (Wildman–Crippen LogP) is 4.29. The first-order valence-electron chi connectivity index (χ1n) is 5.11. The van der Waals surface area contributed by atoms with Crippen LogP contribution >= 0.6 is 22.9 Å². The average Bonchev–Trinajstić information content (AvgIpc) is 2.94. The summed E-state index contributed by atoms with van der Waals surface area (Å²) in [6, 6.07) is 3.34. The van der Waals surface area contributed by atoms with Crippen molar-refractivity contribution in [3.8, 4) is 10.4 Å². The Morgan fingerprint density at radius 1 is 1.32 bits per heavy atom. The van der Waals surface area contributed by atoms with Gasteiger partial charge in [-0.1, -0.05) is 11.6 Å². The lowest BCUT2D eigenvalue weighted by Crippen LogP contribution is -2.16. The maximum atomic E-state index is 12.5. The minimum Gasteiger partial charge on any atom is -0.255 e. The first-order valence-corrected chi connectivity index (χ1v) is 6.31. The molecule has 0 radical (unpaired) electrons. The molecule has 0 aliphatic rings. The van der Waals surface area contributed by atoms with E-state index in [1.54, 1.807) is 18.3 Å². The second kappa shape index (κ2) is 4.21. The van der Waals surface area contributed by atoms with Crippen LogP contribution < -0.4 is 0 Å². The SMILES string of the molecule is FC(F)(F)n1cc(-c2cc3nccc(Cl)c3s2)cn1. The summed E-state index contributed by atoms with van der Waals surface area (Å²) in [6.45, 7) is 0. The van der Waals surface area contributed by atoms with Gasteiger partial charge in [-0.3, -0.25) is 4.98 Å². The number of pyridine rings is 1. The molecule has 0 N–H and O–H groups in total. The normalized spacial score (nSPS) is 12.2. The summed E-state index contributed by atoms with van der Waals surface area (Å²) >= 11 is 7.29. The maximum absolute atomic E-state index is 12.5. The molecule has 0 saturated heterocycles. The van der Waals surface area contributed by atoms with E-state index in [0.29, 0.717) is 21.0 Å². The number of hydrogen-bond donors (Lipinski definition) is 0. The lowest BCUT2D eigenvalue weighted by molar-refractivity contribution is -0.212. The fourth-order valence-electron chi connectivity index (χ4n) is 1.64. The molecule has 3 aromatic heterocycles. The lowest BCUT2D eigenvalue weighted by Gasteiger charge is -2.03. The molecular formula is C11H5ClF3N3S. The van der Waals surface area contributed by atoms with Gasteiger partial charge in [0.25, 0.3) is 0 Å². The van der Waals surface area contributed by atoms with Crippen LogP contribution in [0.2, 0.25) is 5.02 Å². The number of fused-ring (bicyclic) bond motifs is 1. The molecule has 3 aromatic rings. The first kappa shape index (κ1) is 12.4. The summed E-state index contributed by atoms with van der Waals surface area (Å²) in [5.74, 6) is 0. The number of thiophene rings is 1. The van der Waals surface area contributed by atoms with E-state index in [2.05, 4.69) is 10.1 Å². The molecule has 0 unspecified atom stereocenters. The Morgan fingerprint density at radius 3 is 2.74 bits per heavy atom. The second-order valence-corrected chi connectivity index (χ2v) is 5.22. The molecule has 0 fully saturated rings.